The molecule has 1 aliphatic carbocycles. The minimum absolute atomic E-state index is 0.0482. The van der Waals surface area contributed by atoms with Gasteiger partial charge in [-0.3, -0.25) is 0 Å². The summed E-state index contributed by atoms with van der Waals surface area (Å²) in [4.78, 5) is 1.63. The summed E-state index contributed by atoms with van der Waals surface area (Å²) in [6, 6.07) is 58.7. The maximum atomic E-state index is 7.39. The molecule has 0 bridgehead atoms. The molecule has 7 aromatic carbocycles. The summed E-state index contributed by atoms with van der Waals surface area (Å²) in [5.74, 6) is 0. The van der Waals surface area contributed by atoms with E-state index < -0.39 is 0 Å². The summed E-state index contributed by atoms with van der Waals surface area (Å²) in [7, 11) is 0. The van der Waals surface area contributed by atoms with Gasteiger partial charge in [-0.1, -0.05) is 368 Å². The highest BCUT2D eigenvalue weighted by Crippen LogP contribution is 2.58. The van der Waals surface area contributed by atoms with Gasteiger partial charge in [0.05, 0.1) is 0 Å². The molecule has 97 heavy (non-hydrogen) atoms. The number of benzene rings is 7. The Hall–Kier alpha value is -6.35. The summed E-state index contributed by atoms with van der Waals surface area (Å²) in [6.45, 7) is 35.2. The topological polar surface area (TPSA) is 26.0 Å². The molecular weight excluding hydrogens is 1190 g/mol. The normalized spacial score (nSPS) is 14.7. The fourth-order valence-corrected chi connectivity index (χ4v) is 17.1. The number of thioether (sulfide) groups is 1. The van der Waals surface area contributed by atoms with Gasteiger partial charge in [-0.05, 0) is 194 Å². The number of nitrogens with two attached hydrogens (primary N) is 1. The van der Waals surface area contributed by atoms with Crippen molar-refractivity contribution in [1.82, 2.24) is 0 Å². The van der Waals surface area contributed by atoms with Crippen molar-refractivity contribution in [1.29, 1.82) is 0 Å². The number of rotatable bonds is 35. The molecule has 0 aromatic heterocycles. The van der Waals surface area contributed by atoms with E-state index in [4.69, 9.17) is 5.73 Å². The van der Waals surface area contributed by atoms with Gasteiger partial charge < -0.3 is 5.73 Å². The lowest BCUT2D eigenvalue weighted by atomic mass is 9.69. The van der Waals surface area contributed by atoms with Crippen molar-refractivity contribution in [3.8, 4) is 33.4 Å². The SMILES string of the molecule is C=C(Cc1ccc(-c2ccccc2)cc1)c1ccc(-c2ccccc2)cc1.CCCCCCCCC1(CCCCCCCC)c2cc(/C(C)=C(/C=C(\CCC)c3ccc(C4CC(CCCCCC)=C(C(C)(C)C)S4)c(C)c3N)CCCCCC)ccc2-c2ccc(C(C)(C)C)cc21. The zero-order chi connectivity index (χ0) is 69.4. The van der Waals surface area contributed by atoms with Crippen molar-refractivity contribution in [2.24, 2.45) is 5.41 Å². The summed E-state index contributed by atoms with van der Waals surface area (Å²) >= 11 is 2.14. The Labute approximate surface area is 597 Å². The van der Waals surface area contributed by atoms with Gasteiger partial charge in [0.15, 0.2) is 0 Å². The highest BCUT2D eigenvalue weighted by Gasteiger charge is 2.43. The van der Waals surface area contributed by atoms with E-state index in [0.717, 1.165) is 43.4 Å². The molecule has 2 N–H and O–H groups in total. The quantitative estimate of drug-likeness (QED) is 0.0243. The molecule has 1 unspecified atom stereocenters. The Kier molecular flexibility index (Phi) is 29.7. The van der Waals surface area contributed by atoms with Crippen molar-refractivity contribution < 1.29 is 0 Å². The van der Waals surface area contributed by atoms with Crippen molar-refractivity contribution in [2.45, 2.75) is 286 Å². The third-order valence-electron chi connectivity index (χ3n) is 21.4. The lowest BCUT2D eigenvalue weighted by molar-refractivity contribution is 0.397. The van der Waals surface area contributed by atoms with Crippen LogP contribution in [-0.2, 0) is 17.3 Å². The van der Waals surface area contributed by atoms with Crippen LogP contribution in [0.4, 0.5) is 5.69 Å². The number of anilines is 1. The van der Waals surface area contributed by atoms with Gasteiger partial charge in [0, 0.05) is 21.9 Å². The Morgan fingerprint density at radius 3 is 1.56 bits per heavy atom. The number of allylic oxidation sites excluding steroid dienone is 7. The van der Waals surface area contributed by atoms with Crippen LogP contribution < -0.4 is 5.73 Å². The zero-order valence-corrected chi connectivity index (χ0v) is 64.0. The number of fused-ring (bicyclic) bond motifs is 3. The van der Waals surface area contributed by atoms with Gasteiger partial charge in [-0.15, -0.1) is 11.8 Å². The van der Waals surface area contributed by atoms with Gasteiger partial charge in [-0.25, -0.2) is 0 Å². The first-order valence-electron chi connectivity index (χ1n) is 38.8. The van der Waals surface area contributed by atoms with Gasteiger partial charge in [0.2, 0.25) is 0 Å². The van der Waals surface area contributed by atoms with Crippen LogP contribution in [0.3, 0.4) is 0 Å². The largest absolute Gasteiger partial charge is 0.398 e. The van der Waals surface area contributed by atoms with E-state index >= 15 is 0 Å². The van der Waals surface area contributed by atoms with Crippen LogP contribution >= 0.6 is 11.8 Å². The van der Waals surface area contributed by atoms with Crippen LogP contribution in [0.15, 0.2) is 186 Å². The van der Waals surface area contributed by atoms with Crippen LogP contribution in [0.25, 0.3) is 50.1 Å². The first-order valence-corrected chi connectivity index (χ1v) is 39.7. The molecule has 1 aliphatic heterocycles. The van der Waals surface area contributed by atoms with E-state index in [9.17, 15) is 0 Å². The molecule has 0 saturated heterocycles. The molecule has 0 radical (unpaired) electrons. The first kappa shape index (κ1) is 76.4. The number of hydrogen-bond acceptors (Lipinski definition) is 2. The molecule has 0 fully saturated rings. The molecule has 518 valence electrons. The Balaban J connectivity index is 0.000000366. The van der Waals surface area contributed by atoms with Crippen LogP contribution in [0.1, 0.15) is 312 Å². The number of nitrogen functional groups attached to an aromatic ring is 1. The Bertz CT molecular complexity index is 3650. The van der Waals surface area contributed by atoms with Crippen molar-refractivity contribution in [3.05, 3.63) is 237 Å². The number of unbranched alkanes of at least 4 members (excludes halogenated alkanes) is 16. The van der Waals surface area contributed by atoms with E-state index in [2.05, 4.69) is 260 Å². The van der Waals surface area contributed by atoms with E-state index in [1.807, 2.05) is 12.1 Å². The van der Waals surface area contributed by atoms with Crippen molar-refractivity contribution in [2.75, 3.05) is 5.73 Å². The fraction of sp³-hybridized carbons (Fsp3) is 0.474. The molecule has 9 rings (SSSR count). The molecule has 0 amide bonds. The van der Waals surface area contributed by atoms with E-state index in [1.54, 1.807) is 21.6 Å². The minimum atomic E-state index is 0.0482. The standard InChI is InChI=1S/C68H105NS.C27H22/c1-14-19-23-27-29-33-44-68(45-34-30-28-24-20-15-2)61-47-53(38-40-59(61)60-41-39-56(49-62(60)68)66(8,9)10)50(6)52(36-31-25-21-16-3)46-54(35-18-5)58-43-42-57(51(7)64(58)69)63-48-55(37-32-26-22-17-4)65(70-63)67(11,12)13;1-21(23-16-18-27(19-17-23)25-10-6-3-7-11-25)20-22-12-14-26(15-13-22)24-8-4-2-5-9-24/h38-43,46-47,49,63H,14-37,44-45,48,69H2,1-13H3;2-19H,1,20H2/b52-50+,54-46+;. The van der Waals surface area contributed by atoms with E-state index in [0.29, 0.717) is 5.25 Å². The maximum absolute atomic E-state index is 7.39. The highest BCUT2D eigenvalue weighted by molar-refractivity contribution is 8.03. The summed E-state index contributed by atoms with van der Waals surface area (Å²) in [6.07, 6.45) is 38.0. The summed E-state index contributed by atoms with van der Waals surface area (Å²) in [5.41, 5.74) is 36.5. The van der Waals surface area contributed by atoms with Gasteiger partial charge in [0.1, 0.15) is 0 Å². The Morgan fingerprint density at radius 2 is 1.01 bits per heavy atom. The average Bonchev–Trinajstić information content (AvgIpc) is 1.57. The van der Waals surface area contributed by atoms with Crippen molar-refractivity contribution in [3.63, 3.8) is 0 Å². The molecule has 0 spiro atoms. The number of hydrogen-bond donors (Lipinski definition) is 1. The molecule has 1 atom stereocenters. The smallest absolute Gasteiger partial charge is 0.0423 e. The fourth-order valence-electron chi connectivity index (χ4n) is 15.5. The van der Waals surface area contributed by atoms with Crippen molar-refractivity contribution >= 4 is 34.2 Å². The second-order valence-electron chi connectivity index (χ2n) is 31.1. The third kappa shape index (κ3) is 20.9. The minimum Gasteiger partial charge on any atom is -0.398 e. The lowest BCUT2D eigenvalue weighted by Gasteiger charge is -2.34. The zero-order valence-electron chi connectivity index (χ0n) is 63.2. The summed E-state index contributed by atoms with van der Waals surface area (Å²) < 4.78 is 0. The molecule has 2 heteroatoms. The molecule has 1 heterocycles. The van der Waals surface area contributed by atoms with Crippen LogP contribution in [0, 0.1) is 12.3 Å². The maximum Gasteiger partial charge on any atom is 0.0423 e. The Morgan fingerprint density at radius 1 is 0.515 bits per heavy atom. The van der Waals surface area contributed by atoms with Crippen LogP contribution in [0.2, 0.25) is 0 Å². The molecule has 0 saturated carbocycles. The molecule has 7 aromatic rings. The third-order valence-corrected chi connectivity index (χ3v) is 23.2. The van der Waals surface area contributed by atoms with Gasteiger partial charge in [0.25, 0.3) is 0 Å². The van der Waals surface area contributed by atoms with Crippen LogP contribution in [-0.4, -0.2) is 0 Å². The van der Waals surface area contributed by atoms with Gasteiger partial charge in [-0.2, -0.15) is 0 Å². The van der Waals surface area contributed by atoms with E-state index in [1.165, 1.54) is 237 Å². The second kappa shape index (κ2) is 37.7. The van der Waals surface area contributed by atoms with E-state index in [-0.39, 0.29) is 16.2 Å². The predicted molar refractivity (Wildman–Crippen MR) is 434 cm³/mol. The van der Waals surface area contributed by atoms with Crippen LogP contribution in [0.5, 0.6) is 0 Å². The predicted octanol–water partition coefficient (Wildman–Crippen LogP) is 30.0. The summed E-state index contributed by atoms with van der Waals surface area (Å²) in [5, 5.41) is 0.446. The monoisotopic (exact) mass is 1310 g/mol. The second-order valence-corrected chi connectivity index (χ2v) is 32.3. The molecule has 2 aliphatic rings. The average molecular weight is 1320 g/mol. The first-order chi connectivity index (χ1) is 46.8. The highest BCUT2D eigenvalue weighted by atomic mass is 32.2. The van der Waals surface area contributed by atoms with Gasteiger partial charge >= 0.3 is 0 Å². The lowest BCUT2D eigenvalue weighted by Crippen LogP contribution is -2.26. The molecular formula is C95H127NS. The molecule has 1 nitrogen and oxygen atoms in total.